The summed E-state index contributed by atoms with van der Waals surface area (Å²) in [5.74, 6) is 3.48. The van der Waals surface area contributed by atoms with Gasteiger partial charge in [-0.3, -0.25) is 0 Å². The summed E-state index contributed by atoms with van der Waals surface area (Å²) in [6.07, 6.45) is 0. The first-order valence-corrected chi connectivity index (χ1v) is 13.7. The van der Waals surface area contributed by atoms with Gasteiger partial charge in [-0.2, -0.15) is 0 Å². The first-order valence-electron chi connectivity index (χ1n) is 11.7. The molecule has 0 bridgehead atoms. The van der Waals surface area contributed by atoms with Crippen LogP contribution in [0.5, 0.6) is 0 Å². The molecule has 0 N–H and O–H groups in total. The Morgan fingerprint density at radius 3 is 1.36 bits per heavy atom. The third kappa shape index (κ3) is 5.19. The van der Waals surface area contributed by atoms with Crippen LogP contribution in [0.15, 0.2) is 146 Å². The van der Waals surface area contributed by atoms with Gasteiger partial charge in [0.15, 0.2) is 0 Å². The Kier molecular flexibility index (Phi) is 8.50. The molecule has 0 atom stereocenters. The number of carbonyl (C=O) groups excluding carboxylic acids is 1. The fraction of sp³-hybridized carbons (Fsp3) is 0. The van der Waals surface area contributed by atoms with E-state index in [0.29, 0.717) is 11.1 Å². The first kappa shape index (κ1) is 25.6. The van der Waals surface area contributed by atoms with Gasteiger partial charge in [0, 0.05) is 22.4 Å². The number of ketones is 1. The monoisotopic (exact) mass is 665 g/mol. The van der Waals surface area contributed by atoms with Crippen molar-refractivity contribution in [3.63, 3.8) is 0 Å². The summed E-state index contributed by atoms with van der Waals surface area (Å²) >= 11 is 0. The van der Waals surface area contributed by atoms with E-state index in [2.05, 4.69) is 84.4 Å². The number of hydrogen-bond acceptors (Lipinski definition) is 1. The summed E-state index contributed by atoms with van der Waals surface area (Å²) in [4.78, 5) is 13.3. The molecule has 0 aliphatic carbocycles. The number of carbonyl (C=O) groups is 1. The van der Waals surface area contributed by atoms with E-state index in [4.69, 9.17) is 0 Å². The Bertz CT molecular complexity index is 1390. The summed E-state index contributed by atoms with van der Waals surface area (Å²) in [6, 6.07) is 48.8. The van der Waals surface area contributed by atoms with Crippen molar-refractivity contribution in [1.82, 2.24) is 0 Å². The summed E-state index contributed by atoms with van der Waals surface area (Å²) in [6.45, 7) is 0. The maximum Gasteiger partial charge on any atom is 0 e. The summed E-state index contributed by atoms with van der Waals surface area (Å²) in [5, 5.41) is 3.66. The number of hydrogen-bond donors (Lipinski definition) is 0. The van der Waals surface area contributed by atoms with Crippen LogP contribution >= 0.6 is 7.26 Å². The van der Waals surface area contributed by atoms with Crippen LogP contribution < -0.4 is 15.9 Å². The van der Waals surface area contributed by atoms with E-state index >= 15 is 0 Å². The van der Waals surface area contributed by atoms with E-state index in [1.807, 2.05) is 72.8 Å². The van der Waals surface area contributed by atoms with Crippen molar-refractivity contribution in [1.29, 1.82) is 0 Å². The molecule has 1 nitrogen and oxygen atoms in total. The van der Waals surface area contributed by atoms with Gasteiger partial charge in [0.2, 0.25) is 0 Å². The Morgan fingerprint density at radius 1 is 0.500 bits per heavy atom. The van der Waals surface area contributed by atoms with Gasteiger partial charge in [-0.1, -0.05) is 0 Å². The van der Waals surface area contributed by atoms with Crippen molar-refractivity contribution in [2.75, 3.05) is 0 Å². The van der Waals surface area contributed by atoms with E-state index in [0.717, 1.165) is 5.56 Å². The van der Waals surface area contributed by atoms with Crippen molar-refractivity contribution in [3.8, 4) is 11.6 Å². The molecule has 3 heteroatoms. The Labute approximate surface area is 229 Å². The van der Waals surface area contributed by atoms with E-state index < -0.39 is 7.26 Å². The maximum absolute atomic E-state index is 13.3. The molecule has 179 valence electrons. The number of rotatable bonds is 5. The van der Waals surface area contributed by atoms with Gasteiger partial charge in [0.25, 0.3) is 0 Å². The average molecular weight is 666 g/mol. The molecule has 5 aromatic carbocycles. The predicted molar refractivity (Wildman–Crippen MR) is 150 cm³/mol. The summed E-state index contributed by atoms with van der Waals surface area (Å²) in [7, 11) is -2.72. The normalized spacial score (nSPS) is 10.9. The van der Waals surface area contributed by atoms with Gasteiger partial charge in [-0.05, 0) is 0 Å². The second kappa shape index (κ2) is 12.0. The fourth-order valence-corrected chi connectivity index (χ4v) is 8.31. The van der Waals surface area contributed by atoms with Gasteiger partial charge < -0.3 is 0 Å². The molecule has 5 rings (SSSR count). The maximum atomic E-state index is 13.3. The minimum absolute atomic E-state index is 0. The molecule has 0 amide bonds. The Hall–Kier alpha value is -3.50. The van der Waals surface area contributed by atoms with Crippen LogP contribution in [0.4, 0.5) is 0 Å². The molecule has 0 heterocycles. The van der Waals surface area contributed by atoms with Crippen LogP contribution in [0.2, 0.25) is 0 Å². The van der Waals surface area contributed by atoms with Crippen LogP contribution in [-0.4, -0.2) is 5.78 Å². The molecule has 0 spiro atoms. The molecule has 5 aromatic rings. The van der Waals surface area contributed by atoms with Crippen LogP contribution in [0.25, 0.3) is 0 Å². The molecule has 0 aliphatic heterocycles. The smallest absolute Gasteiger partial charge is 0 e. The minimum atomic E-state index is -2.72. The van der Waals surface area contributed by atoms with Crippen LogP contribution in [0.1, 0.15) is 21.5 Å². The zero-order valence-corrected chi connectivity index (χ0v) is 22.7. The van der Waals surface area contributed by atoms with Crippen LogP contribution in [0, 0.1) is 11.6 Å². The molecular weight excluding hydrogens is 640 g/mol. The zero-order chi connectivity index (χ0) is 23.9. The van der Waals surface area contributed by atoms with Crippen molar-refractivity contribution >= 4 is 29.0 Å². The SMILES string of the molecule is O=C(c1ccccc1)c1ccccc1C#C[PH](c1ccccc1)(c1ccccc1)c1ccccc1.[Au]. The van der Waals surface area contributed by atoms with Crippen LogP contribution in [-0.2, 0) is 22.4 Å². The molecule has 1 radical (unpaired) electrons. The number of benzene rings is 5. The van der Waals surface area contributed by atoms with E-state index in [9.17, 15) is 4.79 Å². The van der Waals surface area contributed by atoms with Gasteiger partial charge in [0.05, 0.1) is 0 Å². The van der Waals surface area contributed by atoms with Crippen molar-refractivity contribution in [3.05, 3.63) is 162 Å². The molecule has 0 saturated heterocycles. The third-order valence-corrected chi connectivity index (χ3v) is 10.3. The second-order valence-electron chi connectivity index (χ2n) is 8.34. The topological polar surface area (TPSA) is 17.1 Å². The standard InChI is InChI=1S/C33H25OP.Au/c34-33(28-16-5-1-6-17-28)32-24-14-13-15-27(32)25-26-35(29-18-7-2-8-19-29,30-20-9-3-10-21-30)31-22-11-4-12-23-31;/h1-24,35H;. The predicted octanol–water partition coefficient (Wildman–Crippen LogP) is 5.95. The minimum Gasteiger partial charge on any atom is 0 e. The quantitative estimate of drug-likeness (QED) is 0.0983. The molecule has 0 fully saturated rings. The van der Waals surface area contributed by atoms with Gasteiger partial charge >= 0.3 is 208 Å². The first-order chi connectivity index (χ1) is 17.3. The average Bonchev–Trinajstić information content (AvgIpc) is 2.95. The van der Waals surface area contributed by atoms with Gasteiger partial charge in [-0.15, -0.1) is 0 Å². The van der Waals surface area contributed by atoms with Gasteiger partial charge in [0.1, 0.15) is 0 Å². The fourth-order valence-electron chi connectivity index (χ4n) is 4.48. The third-order valence-electron chi connectivity index (χ3n) is 6.21. The molecule has 36 heavy (non-hydrogen) atoms. The summed E-state index contributed by atoms with van der Waals surface area (Å²) < 4.78 is 0. The molecule has 0 aliphatic rings. The molecule has 0 unspecified atom stereocenters. The molecular formula is C33H25AuOP. The van der Waals surface area contributed by atoms with E-state index in [-0.39, 0.29) is 28.2 Å². The molecule has 0 saturated carbocycles. The van der Waals surface area contributed by atoms with Crippen molar-refractivity contribution in [2.24, 2.45) is 0 Å². The zero-order valence-electron chi connectivity index (χ0n) is 19.6. The van der Waals surface area contributed by atoms with Crippen LogP contribution in [0.3, 0.4) is 0 Å². The van der Waals surface area contributed by atoms with Crippen molar-refractivity contribution in [2.45, 2.75) is 0 Å². The van der Waals surface area contributed by atoms with E-state index in [1.165, 1.54) is 15.9 Å². The molecule has 0 aromatic heterocycles. The Balaban J connectivity index is 0.00000304. The second-order valence-corrected chi connectivity index (χ2v) is 11.8. The van der Waals surface area contributed by atoms with Gasteiger partial charge in [-0.25, -0.2) is 0 Å². The largest absolute Gasteiger partial charge is 0 e. The Morgan fingerprint density at radius 2 is 0.889 bits per heavy atom. The van der Waals surface area contributed by atoms with E-state index in [1.54, 1.807) is 0 Å². The van der Waals surface area contributed by atoms with Crippen molar-refractivity contribution < 1.29 is 27.2 Å². The summed E-state index contributed by atoms with van der Waals surface area (Å²) in [5.41, 5.74) is 5.83.